The van der Waals surface area contributed by atoms with Gasteiger partial charge in [0.1, 0.15) is 11.5 Å². The Kier molecular flexibility index (Phi) is 5.84. The summed E-state index contributed by atoms with van der Waals surface area (Å²) in [7, 11) is 0. The van der Waals surface area contributed by atoms with Gasteiger partial charge in [-0.25, -0.2) is 0 Å². The molecule has 6 atom stereocenters. The van der Waals surface area contributed by atoms with Gasteiger partial charge in [0, 0.05) is 18.3 Å². The molecule has 3 heteroatoms. The minimum atomic E-state index is -0.570. The first-order valence-electron chi connectivity index (χ1n) is 13.0. The third kappa shape index (κ3) is 3.62. The van der Waals surface area contributed by atoms with Crippen molar-refractivity contribution in [1.29, 1.82) is 0 Å². The van der Waals surface area contributed by atoms with E-state index in [-0.39, 0.29) is 30.0 Å². The van der Waals surface area contributed by atoms with Gasteiger partial charge in [0.25, 0.3) is 0 Å². The molecule has 5 aliphatic rings. The number of ether oxygens (including phenoxy) is 2. The Morgan fingerprint density at radius 1 is 1.00 bits per heavy atom. The Morgan fingerprint density at radius 2 is 1.70 bits per heavy atom. The van der Waals surface area contributed by atoms with Crippen LogP contribution in [0.4, 0.5) is 0 Å². The van der Waals surface area contributed by atoms with Crippen molar-refractivity contribution in [3.05, 3.63) is 58.7 Å². The largest absolute Gasteiger partial charge is 0.461 e. The third-order valence-corrected chi connectivity index (χ3v) is 9.05. The summed E-state index contributed by atoms with van der Waals surface area (Å²) in [6.07, 6.45) is 18.0. The van der Waals surface area contributed by atoms with E-state index in [1.807, 2.05) is 0 Å². The highest BCUT2D eigenvalue weighted by atomic mass is 16.6. The molecule has 0 aromatic heterocycles. The van der Waals surface area contributed by atoms with Crippen LogP contribution in [0.2, 0.25) is 0 Å². The van der Waals surface area contributed by atoms with Crippen LogP contribution in [0.25, 0.3) is 0 Å². The number of rotatable bonds is 1. The van der Waals surface area contributed by atoms with Gasteiger partial charge in [0.05, 0.1) is 11.7 Å². The van der Waals surface area contributed by atoms with E-state index < -0.39 is 11.0 Å². The van der Waals surface area contributed by atoms with Crippen LogP contribution in [-0.2, 0) is 14.3 Å². The SMILES string of the molecule is C=C(C)C1CC/C(C)=C/CC[C@]23C(=O)O[C@H]1C2[C@@]12C=C(CC/C=C(\C)CC/C=C(\C)C1)[C@H]3O2. The minimum Gasteiger partial charge on any atom is -0.461 e. The zero-order chi connectivity index (χ0) is 23.4. The molecule has 5 rings (SSSR count). The Bertz CT molecular complexity index is 979. The van der Waals surface area contributed by atoms with Gasteiger partial charge in [-0.15, -0.1) is 0 Å². The second-order valence-electron chi connectivity index (χ2n) is 11.5. The van der Waals surface area contributed by atoms with Crippen LogP contribution in [0.3, 0.4) is 0 Å². The Hall–Kier alpha value is -1.87. The Labute approximate surface area is 199 Å². The maximum atomic E-state index is 13.9. The van der Waals surface area contributed by atoms with Crippen molar-refractivity contribution >= 4 is 5.97 Å². The lowest BCUT2D eigenvalue weighted by molar-refractivity contribution is -0.155. The van der Waals surface area contributed by atoms with Crippen molar-refractivity contribution in [3.63, 3.8) is 0 Å². The fourth-order valence-electron chi connectivity index (χ4n) is 7.51. The third-order valence-electron chi connectivity index (χ3n) is 9.05. The molecule has 0 amide bonds. The first-order chi connectivity index (χ1) is 15.8. The zero-order valence-electron chi connectivity index (χ0n) is 20.9. The highest BCUT2D eigenvalue weighted by molar-refractivity contribution is 5.83. The minimum absolute atomic E-state index is 0.0189. The van der Waals surface area contributed by atoms with E-state index in [0.717, 1.165) is 63.4 Å². The average molecular weight is 449 g/mol. The number of hydrogen-bond donors (Lipinski definition) is 0. The molecule has 2 saturated heterocycles. The van der Waals surface area contributed by atoms with Crippen molar-refractivity contribution in [1.82, 2.24) is 0 Å². The molecule has 0 aromatic rings. The van der Waals surface area contributed by atoms with Gasteiger partial charge in [0.2, 0.25) is 0 Å². The second-order valence-corrected chi connectivity index (χ2v) is 11.5. The quantitative estimate of drug-likeness (QED) is 0.315. The summed E-state index contributed by atoms with van der Waals surface area (Å²) >= 11 is 0. The highest BCUT2D eigenvalue weighted by Crippen LogP contribution is 2.67. The molecule has 0 saturated carbocycles. The van der Waals surface area contributed by atoms with Crippen LogP contribution in [-0.4, -0.2) is 23.8 Å². The summed E-state index contributed by atoms with van der Waals surface area (Å²) in [5.41, 5.74) is 5.68. The van der Waals surface area contributed by atoms with Gasteiger partial charge in [-0.05, 0) is 84.6 Å². The van der Waals surface area contributed by atoms with E-state index >= 15 is 0 Å². The molecule has 33 heavy (non-hydrogen) atoms. The van der Waals surface area contributed by atoms with E-state index in [4.69, 9.17) is 9.47 Å². The van der Waals surface area contributed by atoms with Gasteiger partial charge in [-0.2, -0.15) is 0 Å². The van der Waals surface area contributed by atoms with E-state index in [1.165, 1.54) is 22.3 Å². The Balaban J connectivity index is 1.65. The summed E-state index contributed by atoms with van der Waals surface area (Å²) in [5, 5.41) is 0. The fraction of sp³-hybridized carbons (Fsp3) is 0.633. The molecule has 2 unspecified atom stereocenters. The van der Waals surface area contributed by atoms with Gasteiger partial charge >= 0.3 is 5.97 Å². The van der Waals surface area contributed by atoms with Crippen molar-refractivity contribution in [2.45, 2.75) is 103 Å². The summed E-state index contributed by atoms with van der Waals surface area (Å²) in [5.74, 6) is 0.214. The molecule has 5 bridgehead atoms. The molecular formula is C30H40O3. The van der Waals surface area contributed by atoms with Gasteiger partial charge in [0.15, 0.2) is 0 Å². The maximum Gasteiger partial charge on any atom is 0.315 e. The molecule has 3 heterocycles. The number of esters is 1. The number of carbonyl (C=O) groups excluding carboxylic acids is 1. The van der Waals surface area contributed by atoms with E-state index in [1.54, 1.807) is 0 Å². The lowest BCUT2D eigenvalue weighted by Crippen LogP contribution is -2.49. The molecule has 178 valence electrons. The van der Waals surface area contributed by atoms with Crippen molar-refractivity contribution < 1.29 is 14.3 Å². The van der Waals surface area contributed by atoms with Crippen molar-refractivity contribution in [3.8, 4) is 0 Å². The normalized spacial score (nSPS) is 45.6. The van der Waals surface area contributed by atoms with Crippen LogP contribution in [0.5, 0.6) is 0 Å². The number of hydrogen-bond acceptors (Lipinski definition) is 3. The predicted octanol–water partition coefficient (Wildman–Crippen LogP) is 7.16. The van der Waals surface area contributed by atoms with Crippen LogP contribution in [0, 0.1) is 17.3 Å². The fourth-order valence-corrected chi connectivity index (χ4v) is 7.51. The first kappa shape index (κ1) is 22.9. The lowest BCUT2D eigenvalue weighted by atomic mass is 9.56. The standard InChI is InChI=1S/C30H40O3/c1-19(2)24-15-14-21(4)12-8-16-30-26(25(24)32-28(30)31)29-17-22(5)11-6-9-20(3)10-7-13-23(18-29)27(30)33-29/h10-12,18,24-27H,1,6-9,13-17H2,2-5H3/b20-10+,21-12+,22-11+/t24?,25-,26?,27-,29+,30+/m1/s1. The van der Waals surface area contributed by atoms with Crippen molar-refractivity contribution in [2.24, 2.45) is 17.3 Å². The van der Waals surface area contributed by atoms with Gasteiger partial charge < -0.3 is 9.47 Å². The molecule has 2 fully saturated rings. The average Bonchev–Trinajstić information content (AvgIpc) is 3.33. The monoisotopic (exact) mass is 448 g/mol. The van der Waals surface area contributed by atoms with Crippen LogP contribution in [0.1, 0.15) is 85.5 Å². The Morgan fingerprint density at radius 3 is 2.48 bits per heavy atom. The molecule has 3 aliphatic heterocycles. The van der Waals surface area contributed by atoms with E-state index in [2.05, 4.69) is 58.6 Å². The summed E-state index contributed by atoms with van der Waals surface area (Å²) in [4.78, 5) is 13.9. The van der Waals surface area contributed by atoms with E-state index in [9.17, 15) is 4.79 Å². The highest BCUT2D eigenvalue weighted by Gasteiger charge is 2.76. The molecule has 0 aromatic carbocycles. The molecule has 2 aliphatic carbocycles. The molecule has 0 radical (unpaired) electrons. The number of carbonyl (C=O) groups is 1. The maximum absolute atomic E-state index is 13.9. The second kappa shape index (κ2) is 8.41. The lowest BCUT2D eigenvalue weighted by Gasteiger charge is -2.41. The number of fused-ring (bicyclic) bond motifs is 2. The molecule has 0 N–H and O–H groups in total. The van der Waals surface area contributed by atoms with Gasteiger partial charge in [-0.3, -0.25) is 4.79 Å². The molecule has 1 spiro atoms. The van der Waals surface area contributed by atoms with Crippen LogP contribution >= 0.6 is 0 Å². The van der Waals surface area contributed by atoms with Crippen molar-refractivity contribution in [2.75, 3.05) is 0 Å². The van der Waals surface area contributed by atoms with Crippen LogP contribution < -0.4 is 0 Å². The van der Waals surface area contributed by atoms with Gasteiger partial charge in [-0.1, -0.05) is 53.2 Å². The smallest absolute Gasteiger partial charge is 0.315 e. The summed E-state index contributed by atoms with van der Waals surface area (Å²) in [6.45, 7) is 13.2. The van der Waals surface area contributed by atoms with Crippen LogP contribution in [0.15, 0.2) is 58.7 Å². The molecular weight excluding hydrogens is 408 g/mol. The first-order valence-corrected chi connectivity index (χ1v) is 13.0. The summed E-state index contributed by atoms with van der Waals surface area (Å²) in [6, 6.07) is 0. The summed E-state index contributed by atoms with van der Waals surface area (Å²) < 4.78 is 13.4. The zero-order valence-corrected chi connectivity index (χ0v) is 20.9. The number of allylic oxidation sites excluding steroid dienone is 5. The van der Waals surface area contributed by atoms with E-state index in [0.29, 0.717) is 0 Å². The molecule has 3 nitrogen and oxygen atoms in total. The topological polar surface area (TPSA) is 35.5 Å². The predicted molar refractivity (Wildman–Crippen MR) is 133 cm³/mol.